The summed E-state index contributed by atoms with van der Waals surface area (Å²) in [7, 11) is 0. The first-order valence-electron chi connectivity index (χ1n) is 3.92. The minimum atomic E-state index is 0.0749. The summed E-state index contributed by atoms with van der Waals surface area (Å²) >= 11 is 10.2. The Morgan fingerprint density at radius 1 is 1.38 bits per heavy atom. The molecule has 0 aliphatic heterocycles. The van der Waals surface area contributed by atoms with E-state index in [2.05, 4.69) is 0 Å². The number of alkyl halides is 1. The van der Waals surface area contributed by atoms with Gasteiger partial charge in [-0.1, -0.05) is 36.5 Å². The molecular formula is C10H9ClOS. The number of halogens is 1. The summed E-state index contributed by atoms with van der Waals surface area (Å²) in [5.41, 5.74) is 1.64. The second-order valence-corrected chi connectivity index (χ2v) is 3.22. The Morgan fingerprint density at radius 3 is 2.46 bits per heavy atom. The van der Waals surface area contributed by atoms with E-state index in [1.54, 1.807) is 17.5 Å². The van der Waals surface area contributed by atoms with E-state index in [0.717, 1.165) is 5.56 Å². The summed E-state index contributed by atoms with van der Waals surface area (Å²) in [5, 5.41) is 1.58. The van der Waals surface area contributed by atoms with E-state index in [-0.39, 0.29) is 5.78 Å². The Bertz CT molecular complexity index is 305. The average Bonchev–Trinajstić information content (AvgIpc) is 2.18. The van der Waals surface area contributed by atoms with Crippen LogP contribution in [0.1, 0.15) is 22.3 Å². The van der Waals surface area contributed by atoms with E-state index in [0.29, 0.717) is 17.9 Å². The Kier molecular flexibility index (Phi) is 4.06. The van der Waals surface area contributed by atoms with Crippen molar-refractivity contribution < 1.29 is 4.79 Å². The number of thiocarbonyl (C=S) groups is 1. The number of Topliss-reactive ketones (excluding diaryl/α,β-unsaturated/α-hetero) is 1. The SMILES string of the molecule is O=C(CCCl)c1ccc(C=S)cc1. The zero-order valence-corrected chi connectivity index (χ0v) is 8.57. The van der Waals surface area contributed by atoms with Gasteiger partial charge in [-0.25, -0.2) is 0 Å². The number of hydrogen-bond acceptors (Lipinski definition) is 2. The van der Waals surface area contributed by atoms with Gasteiger partial charge in [0.15, 0.2) is 5.78 Å². The van der Waals surface area contributed by atoms with Gasteiger partial charge in [-0.2, -0.15) is 0 Å². The van der Waals surface area contributed by atoms with Gasteiger partial charge in [0, 0.05) is 23.2 Å². The van der Waals surface area contributed by atoms with Crippen LogP contribution in [0.5, 0.6) is 0 Å². The van der Waals surface area contributed by atoms with E-state index < -0.39 is 0 Å². The minimum absolute atomic E-state index is 0.0749. The molecule has 0 amide bonds. The van der Waals surface area contributed by atoms with E-state index in [1.807, 2.05) is 12.1 Å². The second kappa shape index (κ2) is 5.10. The highest BCUT2D eigenvalue weighted by atomic mass is 35.5. The Balaban J connectivity index is 2.79. The van der Waals surface area contributed by atoms with Gasteiger partial charge in [-0.15, -0.1) is 11.6 Å². The van der Waals surface area contributed by atoms with Crippen molar-refractivity contribution in [2.75, 3.05) is 5.88 Å². The van der Waals surface area contributed by atoms with Crippen LogP contribution >= 0.6 is 23.8 Å². The lowest BCUT2D eigenvalue weighted by molar-refractivity contribution is 0.0989. The third-order valence-corrected chi connectivity index (χ3v) is 2.15. The molecule has 0 saturated carbocycles. The Hall–Kier alpha value is -0.730. The van der Waals surface area contributed by atoms with Crippen LogP contribution in [0.2, 0.25) is 0 Å². The zero-order valence-electron chi connectivity index (χ0n) is 7.00. The predicted octanol–water partition coefficient (Wildman–Crippen LogP) is 2.85. The van der Waals surface area contributed by atoms with E-state index >= 15 is 0 Å². The molecule has 0 fully saturated rings. The van der Waals surface area contributed by atoms with Gasteiger partial charge in [0.05, 0.1) is 0 Å². The molecule has 1 aromatic carbocycles. The van der Waals surface area contributed by atoms with Gasteiger partial charge >= 0.3 is 0 Å². The van der Waals surface area contributed by atoms with Gasteiger partial charge in [-0.05, 0) is 5.56 Å². The van der Waals surface area contributed by atoms with Gasteiger partial charge in [0.25, 0.3) is 0 Å². The van der Waals surface area contributed by atoms with Crippen molar-refractivity contribution in [3.05, 3.63) is 35.4 Å². The van der Waals surface area contributed by atoms with Crippen molar-refractivity contribution in [2.45, 2.75) is 6.42 Å². The summed E-state index contributed by atoms with van der Waals surface area (Å²) < 4.78 is 0. The summed E-state index contributed by atoms with van der Waals surface area (Å²) in [4.78, 5) is 11.3. The molecule has 0 bridgehead atoms. The van der Waals surface area contributed by atoms with Crippen molar-refractivity contribution in [1.82, 2.24) is 0 Å². The average molecular weight is 213 g/mol. The third kappa shape index (κ3) is 2.90. The normalized spacial score (nSPS) is 9.62. The minimum Gasteiger partial charge on any atom is -0.294 e. The maximum Gasteiger partial charge on any atom is 0.164 e. The molecule has 0 aromatic heterocycles. The van der Waals surface area contributed by atoms with Gasteiger partial charge in [0.1, 0.15) is 0 Å². The van der Waals surface area contributed by atoms with Gasteiger partial charge in [-0.3, -0.25) is 4.79 Å². The van der Waals surface area contributed by atoms with Crippen molar-refractivity contribution in [2.24, 2.45) is 0 Å². The maximum absolute atomic E-state index is 11.3. The monoisotopic (exact) mass is 212 g/mol. The number of hydrogen-bond donors (Lipinski definition) is 0. The Labute approximate surface area is 87.7 Å². The van der Waals surface area contributed by atoms with Crippen LogP contribution in [0, 0.1) is 0 Å². The van der Waals surface area contributed by atoms with Crippen LogP contribution in [-0.4, -0.2) is 17.0 Å². The summed E-state index contributed by atoms with van der Waals surface area (Å²) in [6.07, 6.45) is 0.387. The zero-order chi connectivity index (χ0) is 9.68. The molecule has 3 heteroatoms. The first kappa shape index (κ1) is 10.4. The molecule has 0 saturated heterocycles. The third-order valence-electron chi connectivity index (χ3n) is 1.69. The lowest BCUT2D eigenvalue weighted by atomic mass is 10.1. The van der Waals surface area contributed by atoms with E-state index in [4.69, 9.17) is 23.8 Å². The van der Waals surface area contributed by atoms with E-state index in [1.165, 1.54) is 0 Å². The summed E-state index contributed by atoms with van der Waals surface area (Å²) in [5.74, 6) is 0.444. The van der Waals surface area contributed by atoms with Crippen LogP contribution in [-0.2, 0) is 0 Å². The molecule has 0 N–H and O–H groups in total. The molecule has 1 nitrogen and oxygen atoms in total. The Morgan fingerprint density at radius 2 is 2.00 bits per heavy atom. The predicted molar refractivity (Wildman–Crippen MR) is 58.9 cm³/mol. The topological polar surface area (TPSA) is 17.1 Å². The van der Waals surface area contributed by atoms with Crippen LogP contribution in [0.4, 0.5) is 0 Å². The maximum atomic E-state index is 11.3. The van der Waals surface area contributed by atoms with Crippen LogP contribution in [0.15, 0.2) is 24.3 Å². The smallest absolute Gasteiger partial charge is 0.164 e. The second-order valence-electron chi connectivity index (χ2n) is 2.60. The fourth-order valence-electron chi connectivity index (χ4n) is 0.978. The van der Waals surface area contributed by atoms with Gasteiger partial charge in [0.2, 0.25) is 0 Å². The number of carbonyl (C=O) groups is 1. The van der Waals surface area contributed by atoms with Crippen molar-refractivity contribution >= 4 is 35.0 Å². The van der Waals surface area contributed by atoms with Crippen LogP contribution in [0.25, 0.3) is 0 Å². The molecule has 0 atom stereocenters. The highest BCUT2D eigenvalue weighted by Gasteiger charge is 2.03. The first-order chi connectivity index (χ1) is 6.27. The molecule has 0 radical (unpaired) electrons. The number of benzene rings is 1. The highest BCUT2D eigenvalue weighted by molar-refractivity contribution is 7.79. The van der Waals surface area contributed by atoms with E-state index in [9.17, 15) is 4.79 Å². The molecule has 1 rings (SSSR count). The fourth-order valence-corrected chi connectivity index (χ4v) is 1.31. The lowest BCUT2D eigenvalue weighted by Gasteiger charge is -1.98. The molecule has 68 valence electrons. The molecule has 13 heavy (non-hydrogen) atoms. The summed E-state index contributed by atoms with van der Waals surface area (Å²) in [6.45, 7) is 0. The lowest BCUT2D eigenvalue weighted by Crippen LogP contribution is -1.99. The fraction of sp³-hybridized carbons (Fsp3) is 0.200. The van der Waals surface area contributed by atoms with Crippen molar-refractivity contribution in [3.8, 4) is 0 Å². The first-order valence-corrected chi connectivity index (χ1v) is 4.93. The molecule has 0 unspecified atom stereocenters. The molecule has 1 aromatic rings. The number of ketones is 1. The van der Waals surface area contributed by atoms with Crippen LogP contribution < -0.4 is 0 Å². The molecule has 0 aliphatic rings. The van der Waals surface area contributed by atoms with Crippen molar-refractivity contribution in [1.29, 1.82) is 0 Å². The van der Waals surface area contributed by atoms with Crippen molar-refractivity contribution in [3.63, 3.8) is 0 Å². The molecule has 0 aliphatic carbocycles. The standard InChI is InChI=1S/C10H9ClOS/c11-6-5-10(12)9-3-1-8(7-13)2-4-9/h1-4,7H,5-6H2. The molecule has 0 spiro atoms. The number of carbonyl (C=O) groups excluding carboxylic acids is 1. The molecular weight excluding hydrogens is 204 g/mol. The molecule has 0 heterocycles. The largest absolute Gasteiger partial charge is 0.294 e. The summed E-state index contributed by atoms with van der Waals surface area (Å²) in [6, 6.07) is 7.20. The quantitative estimate of drug-likeness (QED) is 0.434. The number of rotatable bonds is 4. The highest BCUT2D eigenvalue weighted by Crippen LogP contribution is 2.06. The van der Waals surface area contributed by atoms with Gasteiger partial charge < -0.3 is 0 Å². The van der Waals surface area contributed by atoms with Crippen LogP contribution in [0.3, 0.4) is 0 Å².